The molecule has 2 aromatic rings. The van der Waals surface area contributed by atoms with Gasteiger partial charge in [0.15, 0.2) is 0 Å². The van der Waals surface area contributed by atoms with Crippen LogP contribution < -0.4 is 10.6 Å². The zero-order valence-corrected chi connectivity index (χ0v) is 15.5. The summed E-state index contributed by atoms with van der Waals surface area (Å²) in [6.45, 7) is 5.40. The lowest BCUT2D eigenvalue weighted by atomic mass is 10.1. The predicted octanol–water partition coefficient (Wildman–Crippen LogP) is 4.53. The molecule has 5 nitrogen and oxygen atoms in total. The maximum Gasteiger partial charge on any atom is 0.416 e. The maximum atomic E-state index is 12.8. The third kappa shape index (κ3) is 5.68. The van der Waals surface area contributed by atoms with Gasteiger partial charge in [-0.25, -0.2) is 0 Å². The summed E-state index contributed by atoms with van der Waals surface area (Å²) in [5.74, 6) is -1.20. The molecule has 0 bridgehead atoms. The van der Waals surface area contributed by atoms with E-state index in [1.165, 1.54) is 18.3 Å². The molecule has 9 heteroatoms. The molecule has 0 fully saturated rings. The zero-order chi connectivity index (χ0) is 20.4. The first-order valence-electron chi connectivity index (χ1n) is 7.83. The second-order valence-corrected chi connectivity index (χ2v) is 7.19. The third-order valence-corrected chi connectivity index (χ3v) is 3.61. The number of nitrogens with zero attached hydrogens (tertiary/aromatic N) is 1. The Kier molecular flexibility index (Phi) is 5.79. The van der Waals surface area contributed by atoms with Crippen LogP contribution >= 0.6 is 11.6 Å². The van der Waals surface area contributed by atoms with Gasteiger partial charge in [0.1, 0.15) is 5.69 Å². The van der Waals surface area contributed by atoms with Gasteiger partial charge in [-0.05, 0) is 51.1 Å². The van der Waals surface area contributed by atoms with Crippen molar-refractivity contribution in [3.8, 4) is 0 Å². The molecule has 2 rings (SSSR count). The van der Waals surface area contributed by atoms with Gasteiger partial charge >= 0.3 is 6.18 Å². The van der Waals surface area contributed by atoms with E-state index in [1.807, 2.05) is 0 Å². The zero-order valence-electron chi connectivity index (χ0n) is 14.7. The van der Waals surface area contributed by atoms with E-state index in [4.69, 9.17) is 11.6 Å². The highest BCUT2D eigenvalue weighted by molar-refractivity contribution is 6.34. The quantitative estimate of drug-likeness (QED) is 0.796. The summed E-state index contributed by atoms with van der Waals surface area (Å²) in [7, 11) is 0. The fourth-order valence-corrected chi connectivity index (χ4v) is 2.26. The average Bonchev–Trinajstić information content (AvgIpc) is 2.54. The second-order valence-electron chi connectivity index (χ2n) is 6.78. The number of nitrogens with one attached hydrogen (secondary N) is 2. The number of hydrogen-bond acceptors (Lipinski definition) is 3. The minimum absolute atomic E-state index is 0.0574. The number of carbonyl (C=O) groups is 2. The van der Waals surface area contributed by atoms with Crippen molar-refractivity contribution >= 4 is 29.1 Å². The Labute approximate surface area is 158 Å². The molecule has 1 aromatic carbocycles. The van der Waals surface area contributed by atoms with Crippen LogP contribution in [0.4, 0.5) is 18.9 Å². The monoisotopic (exact) mass is 399 g/mol. The van der Waals surface area contributed by atoms with Crippen LogP contribution in [0.2, 0.25) is 5.02 Å². The molecule has 2 N–H and O–H groups in total. The third-order valence-electron chi connectivity index (χ3n) is 3.29. The summed E-state index contributed by atoms with van der Waals surface area (Å²) in [5, 5.41) is 4.97. The molecule has 0 saturated heterocycles. The molecule has 1 aromatic heterocycles. The fraction of sp³-hybridized carbons (Fsp3) is 0.278. The number of hydrogen-bond donors (Lipinski definition) is 2. The first-order chi connectivity index (χ1) is 12.4. The number of amides is 2. The van der Waals surface area contributed by atoms with E-state index in [0.29, 0.717) is 0 Å². The summed E-state index contributed by atoms with van der Waals surface area (Å²) in [6, 6.07) is 5.26. The predicted molar refractivity (Wildman–Crippen MR) is 95.9 cm³/mol. The van der Waals surface area contributed by atoms with Crippen LogP contribution in [0, 0.1) is 0 Å². The molecule has 0 aliphatic rings. The number of benzene rings is 1. The molecule has 0 spiro atoms. The molecule has 2 amide bonds. The molecule has 0 aliphatic carbocycles. The van der Waals surface area contributed by atoms with Gasteiger partial charge in [0.2, 0.25) is 0 Å². The van der Waals surface area contributed by atoms with Crippen LogP contribution in [-0.2, 0) is 6.18 Å². The molecule has 27 heavy (non-hydrogen) atoms. The number of pyridine rings is 1. The standard InChI is InChI=1S/C18H17ClF3N3O2/c1-17(2,3)25-15(26)10-6-7-23-14(8-10)16(27)24-13-9-11(18(20,21)22)4-5-12(13)19/h4-9H,1-3H3,(H,24,27)(H,25,26). The molecule has 0 atom stereocenters. The van der Waals surface area contributed by atoms with Gasteiger partial charge in [-0.3, -0.25) is 14.6 Å². The highest BCUT2D eigenvalue weighted by Gasteiger charge is 2.31. The Hall–Kier alpha value is -2.61. The van der Waals surface area contributed by atoms with Crippen LogP contribution in [0.5, 0.6) is 0 Å². The lowest BCUT2D eigenvalue weighted by Crippen LogP contribution is -2.40. The van der Waals surface area contributed by atoms with Crippen LogP contribution in [0.1, 0.15) is 47.2 Å². The van der Waals surface area contributed by atoms with Crippen LogP contribution in [0.15, 0.2) is 36.5 Å². The van der Waals surface area contributed by atoms with E-state index in [0.717, 1.165) is 18.2 Å². The van der Waals surface area contributed by atoms with E-state index < -0.39 is 29.1 Å². The molecule has 0 saturated carbocycles. The topological polar surface area (TPSA) is 71.1 Å². The van der Waals surface area contributed by atoms with Crippen molar-refractivity contribution in [1.82, 2.24) is 10.3 Å². The van der Waals surface area contributed by atoms with Gasteiger partial charge in [-0.2, -0.15) is 13.2 Å². The minimum Gasteiger partial charge on any atom is -0.347 e. The van der Waals surface area contributed by atoms with Gasteiger partial charge in [0, 0.05) is 17.3 Å². The smallest absolute Gasteiger partial charge is 0.347 e. The number of aromatic nitrogens is 1. The lowest BCUT2D eigenvalue weighted by molar-refractivity contribution is -0.137. The molecule has 144 valence electrons. The van der Waals surface area contributed by atoms with Gasteiger partial charge in [0.05, 0.1) is 16.3 Å². The van der Waals surface area contributed by atoms with E-state index in [9.17, 15) is 22.8 Å². The molecule has 0 unspecified atom stereocenters. The summed E-state index contributed by atoms with van der Waals surface area (Å²) in [4.78, 5) is 28.4. The van der Waals surface area contributed by atoms with E-state index in [2.05, 4.69) is 15.6 Å². The lowest BCUT2D eigenvalue weighted by Gasteiger charge is -2.20. The average molecular weight is 400 g/mol. The van der Waals surface area contributed by atoms with Crippen LogP contribution in [0.3, 0.4) is 0 Å². The van der Waals surface area contributed by atoms with Crippen LogP contribution in [0.25, 0.3) is 0 Å². The van der Waals surface area contributed by atoms with Crippen molar-refractivity contribution in [3.63, 3.8) is 0 Å². The molecular weight excluding hydrogens is 383 g/mol. The summed E-state index contributed by atoms with van der Waals surface area (Å²) >= 11 is 5.87. The van der Waals surface area contributed by atoms with E-state index in [1.54, 1.807) is 20.8 Å². The van der Waals surface area contributed by atoms with Crippen molar-refractivity contribution in [2.45, 2.75) is 32.5 Å². The number of alkyl halides is 3. The van der Waals surface area contributed by atoms with Crippen molar-refractivity contribution in [1.29, 1.82) is 0 Å². The number of halogens is 4. The van der Waals surface area contributed by atoms with Crippen molar-refractivity contribution in [2.24, 2.45) is 0 Å². The first kappa shape index (κ1) is 20.7. The number of anilines is 1. The summed E-state index contributed by atoms with van der Waals surface area (Å²) in [5.41, 5.74) is -1.57. The van der Waals surface area contributed by atoms with Crippen molar-refractivity contribution < 1.29 is 22.8 Å². The Morgan fingerprint density at radius 1 is 1.04 bits per heavy atom. The van der Waals surface area contributed by atoms with Crippen LogP contribution in [-0.4, -0.2) is 22.3 Å². The molecule has 0 radical (unpaired) electrons. The van der Waals surface area contributed by atoms with Crippen molar-refractivity contribution in [3.05, 3.63) is 58.4 Å². The minimum atomic E-state index is -4.58. The van der Waals surface area contributed by atoms with Gasteiger partial charge in [0.25, 0.3) is 11.8 Å². The largest absolute Gasteiger partial charge is 0.416 e. The maximum absolute atomic E-state index is 12.8. The first-order valence-corrected chi connectivity index (χ1v) is 8.21. The summed E-state index contributed by atoms with van der Waals surface area (Å²) in [6.07, 6.45) is -3.31. The Balaban J connectivity index is 2.25. The van der Waals surface area contributed by atoms with Gasteiger partial charge in [-0.1, -0.05) is 11.6 Å². The molecular formula is C18H17ClF3N3O2. The molecule has 1 heterocycles. The molecule has 0 aliphatic heterocycles. The highest BCUT2D eigenvalue weighted by atomic mass is 35.5. The number of rotatable bonds is 3. The van der Waals surface area contributed by atoms with Gasteiger partial charge in [-0.15, -0.1) is 0 Å². The van der Waals surface area contributed by atoms with E-state index in [-0.39, 0.29) is 22.0 Å². The van der Waals surface area contributed by atoms with Crippen molar-refractivity contribution in [2.75, 3.05) is 5.32 Å². The Morgan fingerprint density at radius 2 is 1.70 bits per heavy atom. The normalized spacial score (nSPS) is 11.8. The van der Waals surface area contributed by atoms with E-state index >= 15 is 0 Å². The Morgan fingerprint density at radius 3 is 2.30 bits per heavy atom. The summed E-state index contributed by atoms with van der Waals surface area (Å²) < 4.78 is 38.5. The number of carbonyl (C=O) groups excluding carboxylic acids is 2. The highest BCUT2D eigenvalue weighted by Crippen LogP contribution is 2.33. The SMILES string of the molecule is CC(C)(C)NC(=O)c1ccnc(C(=O)Nc2cc(C(F)(F)F)ccc2Cl)c1. The second kappa shape index (κ2) is 7.56. The Bertz CT molecular complexity index is 877. The fourth-order valence-electron chi connectivity index (χ4n) is 2.09. The van der Waals surface area contributed by atoms with Gasteiger partial charge < -0.3 is 10.6 Å².